The van der Waals surface area contributed by atoms with E-state index in [0.717, 1.165) is 19.5 Å². The Morgan fingerprint density at radius 2 is 1.55 bits per heavy atom. The molecule has 1 saturated heterocycles. The molecule has 1 N–H and O–H groups in total. The fourth-order valence-electron chi connectivity index (χ4n) is 2.87. The van der Waals surface area contributed by atoms with Crippen LogP contribution in [0.4, 0.5) is 0 Å². The molecular weight excluding hydrogens is 244 g/mol. The molecule has 1 aromatic rings. The van der Waals surface area contributed by atoms with Gasteiger partial charge in [-0.25, -0.2) is 0 Å². The van der Waals surface area contributed by atoms with Gasteiger partial charge in [0.25, 0.3) is 0 Å². The number of hydrogen-bond donors (Lipinski definition) is 1. The molecule has 1 aliphatic heterocycles. The Balaban J connectivity index is 1.78. The molecule has 2 heteroatoms. The zero-order chi connectivity index (χ0) is 14.2. The maximum absolute atomic E-state index is 3.47. The van der Waals surface area contributed by atoms with Gasteiger partial charge in [-0.3, -0.25) is 4.90 Å². The first-order chi connectivity index (χ1) is 9.74. The average molecular weight is 274 g/mol. The fourth-order valence-corrected chi connectivity index (χ4v) is 2.87. The van der Waals surface area contributed by atoms with Crippen LogP contribution >= 0.6 is 0 Å². The molecule has 0 atom stereocenters. The summed E-state index contributed by atoms with van der Waals surface area (Å²) >= 11 is 0. The van der Waals surface area contributed by atoms with Crippen molar-refractivity contribution in [2.45, 2.75) is 58.5 Å². The van der Waals surface area contributed by atoms with Crippen LogP contribution < -0.4 is 5.32 Å². The molecule has 2 rings (SSSR count). The van der Waals surface area contributed by atoms with E-state index in [1.165, 1.54) is 49.9 Å². The monoisotopic (exact) mass is 274 g/mol. The van der Waals surface area contributed by atoms with Crippen LogP contribution in [0.1, 0.15) is 50.7 Å². The van der Waals surface area contributed by atoms with Gasteiger partial charge in [0.15, 0.2) is 0 Å². The van der Waals surface area contributed by atoms with E-state index in [9.17, 15) is 0 Å². The molecular formula is C18H30N2. The van der Waals surface area contributed by atoms with Gasteiger partial charge in [-0.15, -0.1) is 0 Å². The summed E-state index contributed by atoms with van der Waals surface area (Å²) in [6.45, 7) is 9.16. The van der Waals surface area contributed by atoms with E-state index in [-0.39, 0.29) is 0 Å². The predicted molar refractivity (Wildman–Crippen MR) is 87.0 cm³/mol. The quantitative estimate of drug-likeness (QED) is 0.852. The maximum Gasteiger partial charge on any atom is 0.0233 e. The Morgan fingerprint density at radius 1 is 0.950 bits per heavy atom. The summed E-state index contributed by atoms with van der Waals surface area (Å²) in [6, 6.07) is 9.81. The zero-order valence-electron chi connectivity index (χ0n) is 13.2. The van der Waals surface area contributed by atoms with Gasteiger partial charge < -0.3 is 5.32 Å². The first-order valence-corrected chi connectivity index (χ1v) is 8.27. The minimum Gasteiger partial charge on any atom is -0.314 e. The van der Waals surface area contributed by atoms with Crippen molar-refractivity contribution in [1.82, 2.24) is 10.2 Å². The number of nitrogens with one attached hydrogen (secondary N) is 1. The second kappa shape index (κ2) is 8.43. The molecule has 20 heavy (non-hydrogen) atoms. The number of nitrogens with zero attached hydrogens (tertiary/aromatic N) is 1. The topological polar surface area (TPSA) is 15.3 Å². The molecule has 0 unspecified atom stereocenters. The lowest BCUT2D eigenvalue weighted by Gasteiger charge is -2.19. The van der Waals surface area contributed by atoms with E-state index < -0.39 is 0 Å². The molecule has 1 fully saturated rings. The van der Waals surface area contributed by atoms with Crippen LogP contribution in [-0.4, -0.2) is 30.6 Å². The first-order valence-electron chi connectivity index (χ1n) is 8.27. The third-order valence-electron chi connectivity index (χ3n) is 4.09. The van der Waals surface area contributed by atoms with Gasteiger partial charge >= 0.3 is 0 Å². The summed E-state index contributed by atoms with van der Waals surface area (Å²) in [7, 11) is 0. The summed E-state index contributed by atoms with van der Waals surface area (Å²) in [5.74, 6) is 0. The molecule has 1 aliphatic rings. The van der Waals surface area contributed by atoms with E-state index in [0.29, 0.717) is 6.04 Å². The van der Waals surface area contributed by atoms with Crippen LogP contribution in [0.2, 0.25) is 0 Å². The maximum atomic E-state index is 3.47. The van der Waals surface area contributed by atoms with Crippen molar-refractivity contribution >= 4 is 0 Å². The normalized spacial score (nSPS) is 17.4. The molecule has 0 amide bonds. The van der Waals surface area contributed by atoms with Gasteiger partial charge in [0, 0.05) is 12.6 Å². The minimum absolute atomic E-state index is 0.581. The van der Waals surface area contributed by atoms with Crippen LogP contribution in [0.25, 0.3) is 0 Å². The number of likely N-dealkylation sites (tertiary alicyclic amines) is 1. The zero-order valence-corrected chi connectivity index (χ0v) is 13.2. The van der Waals surface area contributed by atoms with Crippen molar-refractivity contribution in [2.75, 3.05) is 19.6 Å². The summed E-state index contributed by atoms with van der Waals surface area (Å²) in [5, 5.41) is 3.47. The summed E-state index contributed by atoms with van der Waals surface area (Å²) in [6.07, 6.45) is 6.71. The highest BCUT2D eigenvalue weighted by atomic mass is 15.1. The molecule has 1 aromatic carbocycles. The number of benzene rings is 1. The fraction of sp³-hybridized carbons (Fsp3) is 0.667. The van der Waals surface area contributed by atoms with E-state index >= 15 is 0 Å². The van der Waals surface area contributed by atoms with E-state index in [4.69, 9.17) is 0 Å². The van der Waals surface area contributed by atoms with Crippen LogP contribution in [0, 0.1) is 0 Å². The first kappa shape index (κ1) is 15.5. The Labute approximate surface area is 124 Å². The molecule has 1 heterocycles. The van der Waals surface area contributed by atoms with E-state index in [1.54, 1.807) is 0 Å². The highest BCUT2D eigenvalue weighted by Gasteiger charge is 2.09. The van der Waals surface area contributed by atoms with Crippen molar-refractivity contribution in [3.8, 4) is 0 Å². The third kappa shape index (κ3) is 5.64. The molecule has 0 aromatic heterocycles. The van der Waals surface area contributed by atoms with Crippen molar-refractivity contribution in [1.29, 1.82) is 0 Å². The van der Waals surface area contributed by atoms with Crippen molar-refractivity contribution < 1.29 is 0 Å². The molecule has 0 bridgehead atoms. The van der Waals surface area contributed by atoms with Crippen molar-refractivity contribution in [2.24, 2.45) is 0 Å². The van der Waals surface area contributed by atoms with Gasteiger partial charge in [0.1, 0.15) is 0 Å². The van der Waals surface area contributed by atoms with Crippen LogP contribution in [0.15, 0.2) is 24.3 Å². The lowest BCUT2D eigenvalue weighted by Crippen LogP contribution is -2.25. The summed E-state index contributed by atoms with van der Waals surface area (Å²) in [4.78, 5) is 2.61. The van der Waals surface area contributed by atoms with Crippen LogP contribution in [-0.2, 0) is 13.0 Å². The number of rotatable bonds is 6. The van der Waals surface area contributed by atoms with Gasteiger partial charge in [0.2, 0.25) is 0 Å². The van der Waals surface area contributed by atoms with Crippen molar-refractivity contribution in [3.63, 3.8) is 0 Å². The molecule has 0 saturated carbocycles. The summed E-state index contributed by atoms with van der Waals surface area (Å²) in [5.41, 5.74) is 2.91. The Morgan fingerprint density at radius 3 is 2.15 bits per heavy atom. The Bertz CT molecular complexity index is 362. The molecule has 0 spiro atoms. The average Bonchev–Trinajstić information content (AvgIpc) is 2.69. The minimum atomic E-state index is 0.581. The van der Waals surface area contributed by atoms with Gasteiger partial charge in [-0.1, -0.05) is 51.0 Å². The highest BCUT2D eigenvalue weighted by molar-refractivity contribution is 5.22. The Hall–Kier alpha value is -0.860. The number of hydrogen-bond acceptors (Lipinski definition) is 2. The Kier molecular flexibility index (Phi) is 6.55. The van der Waals surface area contributed by atoms with Crippen molar-refractivity contribution in [3.05, 3.63) is 35.4 Å². The van der Waals surface area contributed by atoms with Crippen LogP contribution in [0.3, 0.4) is 0 Å². The molecule has 2 nitrogen and oxygen atoms in total. The highest BCUT2D eigenvalue weighted by Crippen LogP contribution is 2.14. The molecule has 0 aliphatic carbocycles. The third-order valence-corrected chi connectivity index (χ3v) is 4.09. The van der Waals surface area contributed by atoms with E-state index in [2.05, 4.69) is 48.3 Å². The molecule has 0 radical (unpaired) electrons. The van der Waals surface area contributed by atoms with E-state index in [1.807, 2.05) is 0 Å². The lowest BCUT2D eigenvalue weighted by atomic mass is 10.1. The van der Waals surface area contributed by atoms with Crippen LogP contribution in [0.5, 0.6) is 0 Å². The second-order valence-electron chi connectivity index (χ2n) is 6.37. The SMILES string of the molecule is CC(C)NCCc1ccc(CN2CCCCCC2)cc1. The van der Waals surface area contributed by atoms with Gasteiger partial charge in [0.05, 0.1) is 0 Å². The largest absolute Gasteiger partial charge is 0.314 e. The molecule has 112 valence electrons. The smallest absolute Gasteiger partial charge is 0.0233 e. The standard InChI is InChI=1S/C18H30N2/c1-16(2)19-12-11-17-7-9-18(10-8-17)15-20-13-5-3-4-6-14-20/h7-10,16,19H,3-6,11-15H2,1-2H3. The van der Waals surface area contributed by atoms with Gasteiger partial charge in [-0.05, 0) is 50.0 Å². The lowest BCUT2D eigenvalue weighted by molar-refractivity contribution is 0.277. The second-order valence-corrected chi connectivity index (χ2v) is 6.37. The summed E-state index contributed by atoms with van der Waals surface area (Å²) < 4.78 is 0. The van der Waals surface area contributed by atoms with Gasteiger partial charge in [-0.2, -0.15) is 0 Å². The predicted octanol–water partition coefficient (Wildman–Crippen LogP) is 3.60.